The first-order valence-electron chi connectivity index (χ1n) is 9.55. The number of nitrogens with zero attached hydrogens (tertiary/aromatic N) is 3. The second-order valence-corrected chi connectivity index (χ2v) is 8.41. The van der Waals surface area contributed by atoms with Gasteiger partial charge in [-0.05, 0) is 25.5 Å². The highest BCUT2D eigenvalue weighted by Gasteiger charge is 2.22. The predicted octanol–water partition coefficient (Wildman–Crippen LogP) is 5.29. The molecule has 3 aromatic heterocycles. The molecule has 1 unspecified atom stereocenters. The van der Waals surface area contributed by atoms with Gasteiger partial charge in [-0.2, -0.15) is 0 Å². The third-order valence-electron chi connectivity index (χ3n) is 5.01. The molecule has 1 atom stereocenters. The average molecular weight is 414 g/mol. The van der Waals surface area contributed by atoms with E-state index in [9.17, 15) is 4.79 Å². The second-order valence-electron chi connectivity index (χ2n) is 7.08. The van der Waals surface area contributed by atoms with Crippen molar-refractivity contribution < 1.29 is 4.42 Å². The summed E-state index contributed by atoms with van der Waals surface area (Å²) in [7, 11) is 0. The molecule has 0 bridgehead atoms. The minimum absolute atomic E-state index is 0.174. The highest BCUT2D eigenvalue weighted by molar-refractivity contribution is 7.99. The SMILES string of the molecule is Cc1cccc(-c2c(C(C)Sc3ncnc4[nH]cnc34)oc(=O)c3ccccc23)c1. The first-order valence-corrected chi connectivity index (χ1v) is 10.4. The number of hydrogen-bond acceptors (Lipinski definition) is 6. The molecule has 5 aromatic rings. The van der Waals surface area contributed by atoms with Gasteiger partial charge in [0.25, 0.3) is 0 Å². The number of rotatable bonds is 4. The number of imidazole rings is 1. The number of nitrogens with one attached hydrogen (secondary N) is 1. The molecule has 0 radical (unpaired) electrons. The predicted molar refractivity (Wildman–Crippen MR) is 119 cm³/mol. The Labute approximate surface area is 176 Å². The van der Waals surface area contributed by atoms with E-state index >= 15 is 0 Å². The van der Waals surface area contributed by atoms with Crippen molar-refractivity contribution >= 4 is 33.7 Å². The van der Waals surface area contributed by atoms with Crippen molar-refractivity contribution in [3.8, 4) is 11.1 Å². The Kier molecular flexibility index (Phi) is 4.59. The first-order chi connectivity index (χ1) is 14.6. The lowest BCUT2D eigenvalue weighted by Crippen LogP contribution is -2.06. The van der Waals surface area contributed by atoms with Crippen LogP contribution in [0.15, 0.2) is 75.4 Å². The van der Waals surface area contributed by atoms with Crippen LogP contribution in [0.5, 0.6) is 0 Å². The maximum absolute atomic E-state index is 12.8. The number of thioether (sulfide) groups is 1. The number of aryl methyl sites for hydroxylation is 1. The van der Waals surface area contributed by atoms with Crippen LogP contribution in [0, 0.1) is 6.92 Å². The molecule has 2 aromatic carbocycles. The molecule has 0 saturated heterocycles. The van der Waals surface area contributed by atoms with Gasteiger partial charge in [0.2, 0.25) is 0 Å². The summed E-state index contributed by atoms with van der Waals surface area (Å²) >= 11 is 1.49. The average Bonchev–Trinajstić information content (AvgIpc) is 3.23. The monoisotopic (exact) mass is 414 g/mol. The number of aromatic nitrogens is 4. The van der Waals surface area contributed by atoms with Gasteiger partial charge in [0.05, 0.1) is 17.0 Å². The lowest BCUT2D eigenvalue weighted by molar-refractivity contribution is 0.471. The number of aromatic amines is 1. The van der Waals surface area contributed by atoms with Gasteiger partial charge in [0.1, 0.15) is 22.6 Å². The Bertz CT molecular complexity index is 1440. The molecule has 7 heteroatoms. The highest BCUT2D eigenvalue weighted by Crippen LogP contribution is 2.42. The molecule has 0 aliphatic rings. The van der Waals surface area contributed by atoms with Crippen LogP contribution in [0.2, 0.25) is 0 Å². The van der Waals surface area contributed by atoms with E-state index in [0.29, 0.717) is 22.3 Å². The summed E-state index contributed by atoms with van der Waals surface area (Å²) < 4.78 is 5.90. The zero-order valence-corrected chi connectivity index (χ0v) is 17.2. The van der Waals surface area contributed by atoms with Gasteiger partial charge in [0, 0.05) is 10.9 Å². The molecule has 0 saturated carbocycles. The Hall–Kier alpha value is -3.45. The van der Waals surface area contributed by atoms with Crippen LogP contribution >= 0.6 is 11.8 Å². The molecule has 6 nitrogen and oxygen atoms in total. The summed E-state index contributed by atoms with van der Waals surface area (Å²) in [6.07, 6.45) is 3.11. The topological polar surface area (TPSA) is 84.7 Å². The summed E-state index contributed by atoms with van der Waals surface area (Å²) in [6.45, 7) is 4.06. The number of H-pyrrole nitrogens is 1. The molecule has 0 fully saturated rings. The molecule has 5 rings (SSSR count). The van der Waals surface area contributed by atoms with Crippen LogP contribution in [0.1, 0.15) is 23.5 Å². The smallest absolute Gasteiger partial charge is 0.343 e. The van der Waals surface area contributed by atoms with Gasteiger partial charge in [-0.3, -0.25) is 0 Å². The fourth-order valence-electron chi connectivity index (χ4n) is 3.65. The highest BCUT2D eigenvalue weighted by atomic mass is 32.2. The molecule has 0 amide bonds. The maximum Gasteiger partial charge on any atom is 0.343 e. The van der Waals surface area contributed by atoms with Crippen molar-refractivity contribution in [1.82, 2.24) is 19.9 Å². The van der Waals surface area contributed by atoms with Gasteiger partial charge in [-0.1, -0.05) is 59.8 Å². The summed E-state index contributed by atoms with van der Waals surface area (Å²) in [5.74, 6) is 0.622. The molecule has 30 heavy (non-hydrogen) atoms. The third kappa shape index (κ3) is 3.17. The van der Waals surface area contributed by atoms with E-state index in [4.69, 9.17) is 4.42 Å². The molecule has 148 valence electrons. The van der Waals surface area contributed by atoms with E-state index in [0.717, 1.165) is 27.1 Å². The summed E-state index contributed by atoms with van der Waals surface area (Å²) in [6, 6.07) is 15.8. The molecule has 0 aliphatic heterocycles. The van der Waals surface area contributed by atoms with Gasteiger partial charge < -0.3 is 9.40 Å². The largest absolute Gasteiger partial charge is 0.426 e. The summed E-state index contributed by atoms with van der Waals surface area (Å²) in [5.41, 5.74) is 4.14. The van der Waals surface area contributed by atoms with Crippen molar-refractivity contribution in [2.24, 2.45) is 0 Å². The number of fused-ring (bicyclic) bond motifs is 2. The van der Waals surface area contributed by atoms with Crippen LogP contribution in [-0.4, -0.2) is 19.9 Å². The Balaban J connectivity index is 1.71. The van der Waals surface area contributed by atoms with E-state index in [-0.39, 0.29) is 10.9 Å². The van der Waals surface area contributed by atoms with E-state index < -0.39 is 0 Å². The van der Waals surface area contributed by atoms with Gasteiger partial charge in [-0.15, -0.1) is 0 Å². The van der Waals surface area contributed by atoms with Crippen LogP contribution in [0.4, 0.5) is 0 Å². The first kappa shape index (κ1) is 18.6. The summed E-state index contributed by atoms with van der Waals surface area (Å²) in [5, 5.41) is 2.02. The van der Waals surface area contributed by atoms with E-state index in [1.54, 1.807) is 12.4 Å². The van der Waals surface area contributed by atoms with E-state index in [1.165, 1.54) is 18.1 Å². The minimum atomic E-state index is -0.336. The van der Waals surface area contributed by atoms with Crippen LogP contribution in [-0.2, 0) is 0 Å². The van der Waals surface area contributed by atoms with Crippen molar-refractivity contribution in [3.63, 3.8) is 0 Å². The van der Waals surface area contributed by atoms with E-state index in [1.807, 2.05) is 37.3 Å². The number of benzene rings is 2. The zero-order chi connectivity index (χ0) is 20.7. The zero-order valence-electron chi connectivity index (χ0n) is 16.4. The van der Waals surface area contributed by atoms with Crippen molar-refractivity contribution in [3.05, 3.63) is 82.9 Å². The normalized spacial score (nSPS) is 12.5. The van der Waals surface area contributed by atoms with Crippen molar-refractivity contribution in [2.45, 2.75) is 24.1 Å². The number of hydrogen-bond donors (Lipinski definition) is 1. The standard InChI is InChI=1S/C23H18N4O2S/c1-13-6-5-7-15(10-13)18-16-8-3-4-9-17(16)23(28)29-20(18)14(2)30-22-19-21(25-11-24-19)26-12-27-22/h3-12,14H,1-2H3,(H,24,25,26,27). The molecule has 1 N–H and O–H groups in total. The third-order valence-corrected chi connectivity index (χ3v) is 6.10. The Morgan fingerprint density at radius 1 is 1.03 bits per heavy atom. The van der Waals surface area contributed by atoms with Crippen molar-refractivity contribution in [2.75, 3.05) is 0 Å². The quantitative estimate of drug-likeness (QED) is 0.318. The van der Waals surface area contributed by atoms with E-state index in [2.05, 4.69) is 39.0 Å². The second kappa shape index (κ2) is 7.42. The molecular weight excluding hydrogens is 396 g/mol. The summed E-state index contributed by atoms with van der Waals surface area (Å²) in [4.78, 5) is 28.7. The molecular formula is C23H18N4O2S. The molecule has 0 aliphatic carbocycles. The minimum Gasteiger partial charge on any atom is -0.426 e. The fourth-order valence-corrected chi connectivity index (χ4v) is 4.63. The van der Waals surface area contributed by atoms with Crippen LogP contribution in [0.25, 0.3) is 33.1 Å². The molecule has 0 spiro atoms. The molecule has 3 heterocycles. The van der Waals surface area contributed by atoms with Crippen molar-refractivity contribution in [1.29, 1.82) is 0 Å². The fraction of sp³-hybridized carbons (Fsp3) is 0.130. The van der Waals surface area contributed by atoms with Gasteiger partial charge in [0.15, 0.2) is 5.65 Å². The lowest BCUT2D eigenvalue weighted by Gasteiger charge is -2.17. The Morgan fingerprint density at radius 2 is 1.87 bits per heavy atom. The lowest BCUT2D eigenvalue weighted by atomic mass is 9.96. The maximum atomic E-state index is 12.8. The van der Waals surface area contributed by atoms with Gasteiger partial charge in [-0.25, -0.2) is 19.7 Å². The van der Waals surface area contributed by atoms with Gasteiger partial charge >= 0.3 is 5.63 Å². The Morgan fingerprint density at radius 3 is 2.70 bits per heavy atom. The van der Waals surface area contributed by atoms with Crippen LogP contribution in [0.3, 0.4) is 0 Å². The van der Waals surface area contributed by atoms with Crippen LogP contribution < -0.4 is 5.63 Å².